The Hall–Kier alpha value is -2.81. The lowest BCUT2D eigenvalue weighted by Gasteiger charge is -2.07. The van der Waals surface area contributed by atoms with Crippen molar-refractivity contribution in [2.24, 2.45) is 0 Å². The molecule has 3 N–H and O–H groups in total. The van der Waals surface area contributed by atoms with Gasteiger partial charge in [0.2, 0.25) is 5.13 Å². The van der Waals surface area contributed by atoms with Gasteiger partial charge in [0, 0.05) is 6.07 Å². The number of nitrogen functional groups attached to an aromatic ring is 1. The summed E-state index contributed by atoms with van der Waals surface area (Å²) in [6, 6.07) is 6.36. The number of halogens is 1. The van der Waals surface area contributed by atoms with Gasteiger partial charge in [-0.05, 0) is 18.2 Å². The van der Waals surface area contributed by atoms with Crippen LogP contribution >= 0.6 is 11.3 Å². The molecule has 0 amide bonds. The molecule has 2 heterocycles. The van der Waals surface area contributed by atoms with Crippen LogP contribution in [0.4, 0.5) is 9.52 Å². The van der Waals surface area contributed by atoms with Gasteiger partial charge in [0.05, 0.1) is 5.69 Å². The summed E-state index contributed by atoms with van der Waals surface area (Å²) >= 11 is 1.01. The van der Waals surface area contributed by atoms with E-state index in [2.05, 4.69) is 15.3 Å². The van der Waals surface area contributed by atoms with E-state index in [0.717, 1.165) is 28.2 Å². The van der Waals surface area contributed by atoms with E-state index in [9.17, 15) is 14.3 Å². The second kappa shape index (κ2) is 4.94. The standard InChI is InChI=1S/C12H8FN5O2S/c13-6-2-1-3-7(4-6)18-9(20)5-8(19)10(17-18)11-15-16-12(14)21-11/h1-5,19H,(H2,14,16). The molecule has 2 aromatic heterocycles. The van der Waals surface area contributed by atoms with Crippen LogP contribution in [-0.2, 0) is 0 Å². The molecule has 0 radical (unpaired) electrons. The lowest BCUT2D eigenvalue weighted by molar-refractivity contribution is 0.469. The topological polar surface area (TPSA) is 107 Å². The predicted molar refractivity (Wildman–Crippen MR) is 74.8 cm³/mol. The maximum absolute atomic E-state index is 13.3. The maximum atomic E-state index is 13.3. The van der Waals surface area contributed by atoms with Gasteiger partial charge in [0.25, 0.3) is 5.56 Å². The number of anilines is 1. The van der Waals surface area contributed by atoms with Crippen LogP contribution in [-0.4, -0.2) is 25.1 Å². The molecule has 0 spiro atoms. The molecule has 1 aromatic carbocycles. The van der Waals surface area contributed by atoms with Gasteiger partial charge in [-0.2, -0.15) is 9.78 Å². The number of hydrogen-bond acceptors (Lipinski definition) is 7. The molecule has 9 heteroatoms. The average molecular weight is 305 g/mol. The van der Waals surface area contributed by atoms with Crippen molar-refractivity contribution in [2.75, 3.05) is 5.73 Å². The highest BCUT2D eigenvalue weighted by molar-refractivity contribution is 7.18. The third kappa shape index (κ3) is 2.46. The summed E-state index contributed by atoms with van der Waals surface area (Å²) in [5.74, 6) is -0.847. The third-order valence-electron chi connectivity index (χ3n) is 2.61. The minimum absolute atomic E-state index is 0.0491. The second-order valence-electron chi connectivity index (χ2n) is 4.05. The smallest absolute Gasteiger partial charge is 0.275 e. The van der Waals surface area contributed by atoms with Gasteiger partial charge in [-0.25, -0.2) is 4.39 Å². The van der Waals surface area contributed by atoms with Crippen LogP contribution in [0.15, 0.2) is 35.1 Å². The highest BCUT2D eigenvalue weighted by Gasteiger charge is 2.15. The predicted octanol–water partition coefficient (Wildman–Crippen LogP) is 1.18. The van der Waals surface area contributed by atoms with Gasteiger partial charge in [0.1, 0.15) is 5.82 Å². The zero-order chi connectivity index (χ0) is 15.0. The minimum atomic E-state index is -0.598. The lowest BCUT2D eigenvalue weighted by Crippen LogP contribution is -2.20. The van der Waals surface area contributed by atoms with Crippen molar-refractivity contribution in [3.8, 4) is 22.1 Å². The largest absolute Gasteiger partial charge is 0.505 e. The van der Waals surface area contributed by atoms with Crippen molar-refractivity contribution in [1.82, 2.24) is 20.0 Å². The summed E-state index contributed by atoms with van der Waals surface area (Å²) in [6.45, 7) is 0. The van der Waals surface area contributed by atoms with Gasteiger partial charge < -0.3 is 10.8 Å². The number of hydrogen-bond donors (Lipinski definition) is 2. The Morgan fingerprint density at radius 2 is 2.10 bits per heavy atom. The van der Waals surface area contributed by atoms with E-state index in [1.54, 1.807) is 0 Å². The molecule has 0 bridgehead atoms. The van der Waals surface area contributed by atoms with E-state index in [-0.39, 0.29) is 27.3 Å². The Balaban J connectivity index is 2.21. The summed E-state index contributed by atoms with van der Waals surface area (Å²) in [5.41, 5.74) is 5.17. The minimum Gasteiger partial charge on any atom is -0.505 e. The van der Waals surface area contributed by atoms with Crippen LogP contribution in [0.5, 0.6) is 5.75 Å². The van der Waals surface area contributed by atoms with E-state index < -0.39 is 11.4 Å². The first-order chi connectivity index (χ1) is 10.0. The molecular weight excluding hydrogens is 297 g/mol. The fourth-order valence-corrected chi connectivity index (χ4v) is 2.33. The molecule has 0 fully saturated rings. The Morgan fingerprint density at radius 1 is 1.29 bits per heavy atom. The molecule has 0 unspecified atom stereocenters. The first-order valence-electron chi connectivity index (χ1n) is 5.73. The van der Waals surface area contributed by atoms with Crippen molar-refractivity contribution in [2.45, 2.75) is 0 Å². The monoisotopic (exact) mass is 305 g/mol. The van der Waals surface area contributed by atoms with Crippen molar-refractivity contribution < 1.29 is 9.50 Å². The summed E-state index contributed by atoms with van der Waals surface area (Å²) in [6.07, 6.45) is 0. The van der Waals surface area contributed by atoms with E-state index in [0.29, 0.717) is 0 Å². The molecule has 0 saturated heterocycles. The van der Waals surface area contributed by atoms with Crippen LogP contribution < -0.4 is 11.3 Å². The van der Waals surface area contributed by atoms with E-state index in [1.807, 2.05) is 0 Å². The Labute approximate surface area is 121 Å². The Morgan fingerprint density at radius 3 is 2.76 bits per heavy atom. The SMILES string of the molecule is Nc1nnc(-c2nn(-c3cccc(F)c3)c(=O)cc2O)s1. The zero-order valence-electron chi connectivity index (χ0n) is 10.4. The number of aromatic nitrogens is 4. The first-order valence-corrected chi connectivity index (χ1v) is 6.55. The van der Waals surface area contributed by atoms with Crippen molar-refractivity contribution in [3.63, 3.8) is 0 Å². The summed E-state index contributed by atoms with van der Waals surface area (Å²) in [7, 11) is 0. The van der Waals surface area contributed by atoms with Crippen LogP contribution in [0, 0.1) is 5.82 Å². The van der Waals surface area contributed by atoms with E-state index in [4.69, 9.17) is 5.73 Å². The third-order valence-corrected chi connectivity index (χ3v) is 3.37. The quantitative estimate of drug-likeness (QED) is 0.736. The highest BCUT2D eigenvalue weighted by atomic mass is 32.1. The van der Waals surface area contributed by atoms with Gasteiger partial charge in [0.15, 0.2) is 16.5 Å². The van der Waals surface area contributed by atoms with Crippen molar-refractivity contribution in [1.29, 1.82) is 0 Å². The van der Waals surface area contributed by atoms with Gasteiger partial charge in [-0.1, -0.05) is 17.4 Å². The molecule has 21 heavy (non-hydrogen) atoms. The fraction of sp³-hybridized carbons (Fsp3) is 0. The van der Waals surface area contributed by atoms with Crippen LogP contribution in [0.2, 0.25) is 0 Å². The van der Waals surface area contributed by atoms with Crippen molar-refractivity contribution >= 4 is 16.5 Å². The maximum Gasteiger partial charge on any atom is 0.275 e. The second-order valence-corrected chi connectivity index (χ2v) is 5.06. The summed E-state index contributed by atoms with van der Waals surface area (Å²) < 4.78 is 14.2. The first kappa shape index (κ1) is 13.2. The van der Waals surface area contributed by atoms with E-state index >= 15 is 0 Å². The van der Waals surface area contributed by atoms with E-state index in [1.165, 1.54) is 18.2 Å². The molecule has 0 aliphatic carbocycles. The van der Waals surface area contributed by atoms with Gasteiger partial charge in [-0.15, -0.1) is 10.2 Å². The Kier molecular flexibility index (Phi) is 3.10. The molecule has 0 atom stereocenters. The molecule has 3 aromatic rings. The number of nitrogens with two attached hydrogens (primary N) is 1. The van der Waals surface area contributed by atoms with Gasteiger partial charge in [-0.3, -0.25) is 4.79 Å². The Bertz CT molecular complexity index is 876. The molecular formula is C12H8FN5O2S. The van der Waals surface area contributed by atoms with Crippen LogP contribution in [0.3, 0.4) is 0 Å². The molecule has 0 saturated carbocycles. The number of benzene rings is 1. The molecule has 0 aliphatic rings. The average Bonchev–Trinajstić information content (AvgIpc) is 2.85. The number of nitrogens with zero attached hydrogens (tertiary/aromatic N) is 4. The molecule has 0 aliphatic heterocycles. The summed E-state index contributed by atoms with van der Waals surface area (Å²) in [5, 5.41) is 21.7. The number of aromatic hydroxyl groups is 1. The molecule has 3 rings (SSSR count). The molecule has 106 valence electrons. The van der Waals surface area contributed by atoms with Gasteiger partial charge >= 0.3 is 0 Å². The number of rotatable bonds is 2. The zero-order valence-corrected chi connectivity index (χ0v) is 11.2. The summed E-state index contributed by atoms with van der Waals surface area (Å²) in [4.78, 5) is 11.9. The lowest BCUT2D eigenvalue weighted by atomic mass is 10.3. The molecule has 7 nitrogen and oxygen atoms in total. The fourth-order valence-electron chi connectivity index (χ4n) is 1.72. The highest BCUT2D eigenvalue weighted by Crippen LogP contribution is 2.29. The van der Waals surface area contributed by atoms with Crippen LogP contribution in [0.1, 0.15) is 0 Å². The van der Waals surface area contributed by atoms with Crippen LogP contribution in [0.25, 0.3) is 16.4 Å². The normalized spacial score (nSPS) is 10.7. The van der Waals surface area contributed by atoms with Crippen molar-refractivity contribution in [3.05, 3.63) is 46.5 Å².